The van der Waals surface area contributed by atoms with Crippen LogP contribution < -0.4 is 10.2 Å². The molecule has 156 valence electrons. The lowest BCUT2D eigenvalue weighted by atomic mass is 10.1. The van der Waals surface area contributed by atoms with Crippen LogP contribution in [0.1, 0.15) is 43.6 Å². The molecule has 29 heavy (non-hydrogen) atoms. The first-order chi connectivity index (χ1) is 13.6. The topological polar surface area (TPSA) is 52.7 Å². The highest BCUT2D eigenvalue weighted by atomic mass is 19.1. The maximum Gasteiger partial charge on any atom is 0.254 e. The zero-order valence-electron chi connectivity index (χ0n) is 18.0. The fraction of sp³-hybridized carbons (Fsp3) is 0.391. The van der Waals surface area contributed by atoms with E-state index in [9.17, 15) is 14.0 Å². The minimum atomic E-state index is -0.438. The zero-order chi connectivity index (χ0) is 21.7. The molecule has 2 aromatic rings. The summed E-state index contributed by atoms with van der Waals surface area (Å²) in [5, 5.41) is 2.91. The Hall–Kier alpha value is -2.89. The average molecular weight is 400 g/mol. The van der Waals surface area contributed by atoms with Gasteiger partial charge in [0.25, 0.3) is 5.91 Å². The van der Waals surface area contributed by atoms with Gasteiger partial charge in [0, 0.05) is 49.5 Å². The number of carbonyl (C=O) groups excluding carboxylic acids is 2. The van der Waals surface area contributed by atoms with Crippen molar-refractivity contribution in [3.63, 3.8) is 0 Å². The Morgan fingerprint density at radius 2 is 1.72 bits per heavy atom. The minimum absolute atomic E-state index is 0.0647. The average Bonchev–Trinajstić information content (AvgIpc) is 2.65. The Morgan fingerprint density at radius 1 is 1.03 bits per heavy atom. The molecule has 0 unspecified atom stereocenters. The van der Waals surface area contributed by atoms with Gasteiger partial charge in [0.15, 0.2) is 0 Å². The second-order valence-electron chi connectivity index (χ2n) is 7.92. The van der Waals surface area contributed by atoms with E-state index in [2.05, 4.69) is 5.32 Å². The van der Waals surface area contributed by atoms with E-state index in [0.29, 0.717) is 17.8 Å². The molecule has 0 saturated heterocycles. The lowest BCUT2D eigenvalue weighted by Gasteiger charge is -2.29. The van der Waals surface area contributed by atoms with E-state index in [1.54, 1.807) is 11.0 Å². The third-order valence-electron chi connectivity index (χ3n) is 4.65. The quantitative estimate of drug-likeness (QED) is 0.744. The number of nitrogens with one attached hydrogen (secondary N) is 1. The molecule has 0 aromatic heterocycles. The predicted octanol–water partition coefficient (Wildman–Crippen LogP) is 4.54. The lowest BCUT2D eigenvalue weighted by molar-refractivity contribution is -0.118. The van der Waals surface area contributed by atoms with E-state index in [4.69, 9.17) is 0 Å². The highest BCUT2D eigenvalue weighted by Gasteiger charge is 2.21. The first-order valence-electron chi connectivity index (χ1n) is 9.77. The molecule has 0 aliphatic rings. The molecule has 0 spiro atoms. The van der Waals surface area contributed by atoms with Crippen LogP contribution in [-0.4, -0.2) is 36.9 Å². The smallest absolute Gasteiger partial charge is 0.254 e. The molecule has 0 radical (unpaired) electrons. The lowest BCUT2D eigenvalue weighted by Crippen LogP contribution is -2.37. The van der Waals surface area contributed by atoms with Gasteiger partial charge >= 0.3 is 0 Å². The minimum Gasteiger partial charge on any atom is -0.377 e. The first-order valence-corrected chi connectivity index (χ1v) is 9.77. The van der Waals surface area contributed by atoms with E-state index in [1.807, 2.05) is 64.9 Å². The molecular weight excluding hydrogens is 369 g/mol. The second-order valence-corrected chi connectivity index (χ2v) is 7.92. The van der Waals surface area contributed by atoms with Gasteiger partial charge in [-0.25, -0.2) is 4.39 Å². The van der Waals surface area contributed by atoms with Gasteiger partial charge in [0.05, 0.1) is 0 Å². The van der Waals surface area contributed by atoms with E-state index >= 15 is 0 Å². The van der Waals surface area contributed by atoms with Crippen molar-refractivity contribution in [2.75, 3.05) is 24.3 Å². The number of amides is 2. The van der Waals surface area contributed by atoms with Crippen LogP contribution in [0.4, 0.5) is 15.8 Å². The number of nitrogens with zero attached hydrogens (tertiary/aromatic N) is 2. The van der Waals surface area contributed by atoms with Gasteiger partial charge in [-0.2, -0.15) is 0 Å². The summed E-state index contributed by atoms with van der Waals surface area (Å²) in [5.41, 5.74) is 2.85. The SMILES string of the molecule is CC(C)C(=O)Nc1ccc(N(C)C)c(CN(C(=O)c2cccc(F)c2)C(C)C)c1. The maximum atomic E-state index is 13.6. The Labute approximate surface area is 172 Å². The summed E-state index contributed by atoms with van der Waals surface area (Å²) < 4.78 is 13.6. The van der Waals surface area contributed by atoms with Crippen molar-refractivity contribution in [1.29, 1.82) is 0 Å². The monoisotopic (exact) mass is 399 g/mol. The van der Waals surface area contributed by atoms with Gasteiger partial charge in [-0.05, 0) is 55.8 Å². The van der Waals surface area contributed by atoms with E-state index in [-0.39, 0.29) is 23.8 Å². The van der Waals surface area contributed by atoms with Crippen molar-refractivity contribution < 1.29 is 14.0 Å². The third kappa shape index (κ3) is 5.79. The summed E-state index contributed by atoms with van der Waals surface area (Å²) in [5.74, 6) is -0.869. The molecule has 5 nitrogen and oxygen atoms in total. The van der Waals surface area contributed by atoms with Gasteiger partial charge in [-0.3, -0.25) is 9.59 Å². The Morgan fingerprint density at radius 3 is 2.28 bits per heavy atom. The molecule has 0 fully saturated rings. The number of anilines is 2. The maximum absolute atomic E-state index is 13.6. The largest absolute Gasteiger partial charge is 0.377 e. The summed E-state index contributed by atoms with van der Waals surface area (Å²) in [4.78, 5) is 28.8. The van der Waals surface area contributed by atoms with E-state index in [1.165, 1.54) is 18.2 Å². The van der Waals surface area contributed by atoms with Crippen LogP contribution in [0.2, 0.25) is 0 Å². The van der Waals surface area contributed by atoms with E-state index in [0.717, 1.165) is 11.3 Å². The number of halogens is 1. The Bertz CT molecular complexity index is 878. The van der Waals surface area contributed by atoms with Crippen LogP contribution in [-0.2, 0) is 11.3 Å². The highest BCUT2D eigenvalue weighted by molar-refractivity contribution is 5.95. The number of hydrogen-bond donors (Lipinski definition) is 1. The van der Waals surface area contributed by atoms with Crippen LogP contribution in [0, 0.1) is 11.7 Å². The molecule has 2 rings (SSSR count). The van der Waals surface area contributed by atoms with Crippen LogP contribution in [0.3, 0.4) is 0 Å². The zero-order valence-corrected chi connectivity index (χ0v) is 18.0. The van der Waals surface area contributed by atoms with Gasteiger partial charge in [0.2, 0.25) is 5.91 Å². The predicted molar refractivity (Wildman–Crippen MR) is 116 cm³/mol. The molecule has 0 heterocycles. The van der Waals surface area contributed by atoms with Crippen LogP contribution in [0.25, 0.3) is 0 Å². The fourth-order valence-electron chi connectivity index (χ4n) is 2.97. The van der Waals surface area contributed by atoms with Crippen LogP contribution >= 0.6 is 0 Å². The van der Waals surface area contributed by atoms with Gasteiger partial charge in [0.1, 0.15) is 5.82 Å². The second kappa shape index (κ2) is 9.54. The van der Waals surface area contributed by atoms with Crippen molar-refractivity contribution in [3.05, 3.63) is 59.4 Å². The van der Waals surface area contributed by atoms with Crippen LogP contribution in [0.15, 0.2) is 42.5 Å². The number of carbonyl (C=O) groups is 2. The molecule has 6 heteroatoms. The molecular formula is C23H30FN3O2. The summed E-state index contributed by atoms with van der Waals surface area (Å²) in [6, 6.07) is 11.3. The Kier molecular flexibility index (Phi) is 7.37. The molecule has 0 atom stereocenters. The standard InChI is InChI=1S/C23H30FN3O2/c1-15(2)22(28)25-20-10-11-21(26(5)6)18(13-20)14-27(16(3)4)23(29)17-8-7-9-19(24)12-17/h7-13,15-16H,14H2,1-6H3,(H,25,28). The molecule has 0 bridgehead atoms. The Balaban J connectivity index is 2.38. The summed E-state index contributed by atoms with van der Waals surface area (Å²) in [7, 11) is 3.86. The molecule has 0 aliphatic heterocycles. The van der Waals surface area contributed by atoms with Gasteiger partial charge in [-0.15, -0.1) is 0 Å². The van der Waals surface area contributed by atoms with Crippen molar-refractivity contribution in [3.8, 4) is 0 Å². The first kappa shape index (κ1) is 22.4. The third-order valence-corrected chi connectivity index (χ3v) is 4.65. The van der Waals surface area contributed by atoms with Gasteiger partial charge < -0.3 is 15.1 Å². The van der Waals surface area contributed by atoms with Crippen molar-refractivity contribution in [1.82, 2.24) is 4.90 Å². The summed E-state index contributed by atoms with van der Waals surface area (Å²) >= 11 is 0. The summed E-state index contributed by atoms with van der Waals surface area (Å²) in [6.45, 7) is 7.87. The fourth-order valence-corrected chi connectivity index (χ4v) is 2.97. The number of rotatable bonds is 7. The molecule has 0 aliphatic carbocycles. The number of benzene rings is 2. The van der Waals surface area contributed by atoms with Crippen molar-refractivity contribution in [2.24, 2.45) is 5.92 Å². The van der Waals surface area contributed by atoms with E-state index < -0.39 is 5.82 Å². The molecule has 1 N–H and O–H groups in total. The van der Waals surface area contributed by atoms with Gasteiger partial charge in [-0.1, -0.05) is 19.9 Å². The summed E-state index contributed by atoms with van der Waals surface area (Å²) in [6.07, 6.45) is 0. The number of hydrogen-bond acceptors (Lipinski definition) is 3. The normalized spacial score (nSPS) is 10.9. The molecule has 0 saturated carbocycles. The van der Waals surface area contributed by atoms with Crippen molar-refractivity contribution >= 4 is 23.2 Å². The molecule has 2 amide bonds. The highest BCUT2D eigenvalue weighted by Crippen LogP contribution is 2.26. The molecule has 2 aromatic carbocycles. The van der Waals surface area contributed by atoms with Crippen LogP contribution in [0.5, 0.6) is 0 Å². The van der Waals surface area contributed by atoms with Crippen molar-refractivity contribution in [2.45, 2.75) is 40.3 Å².